The molecule has 1 fully saturated rings. The first kappa shape index (κ1) is 11.0. The molecule has 76 valence electrons. The Labute approximate surface area is 88.6 Å². The Morgan fingerprint density at radius 2 is 2.31 bits per heavy atom. The highest BCUT2D eigenvalue weighted by Gasteiger charge is 2.39. The third-order valence-corrected chi connectivity index (χ3v) is 3.17. The largest absolute Gasteiger partial charge is 0.353 e. The fourth-order valence-corrected chi connectivity index (χ4v) is 1.82. The van der Waals surface area contributed by atoms with Crippen LogP contribution in [0.2, 0.25) is 0 Å². The first-order chi connectivity index (χ1) is 6.15. The Kier molecular flexibility index (Phi) is 4.23. The van der Waals surface area contributed by atoms with Crippen molar-refractivity contribution >= 4 is 21.8 Å². The van der Waals surface area contributed by atoms with Gasteiger partial charge in [0.1, 0.15) is 0 Å². The van der Waals surface area contributed by atoms with E-state index in [1.165, 1.54) is 0 Å². The van der Waals surface area contributed by atoms with Crippen LogP contribution in [0.25, 0.3) is 0 Å². The van der Waals surface area contributed by atoms with Crippen molar-refractivity contribution in [2.45, 2.75) is 39.2 Å². The van der Waals surface area contributed by atoms with Gasteiger partial charge in [0.2, 0.25) is 5.91 Å². The standard InChI is InChI=1S/C10H18BrNO/c1-7-6-9(7)10(13)12-8(2)4-3-5-11/h7-9H,3-6H2,1-2H3,(H,12,13). The van der Waals surface area contributed by atoms with E-state index in [9.17, 15) is 4.79 Å². The number of carbonyl (C=O) groups is 1. The van der Waals surface area contributed by atoms with E-state index in [2.05, 4.69) is 35.1 Å². The molecule has 0 heterocycles. The molecule has 1 amide bonds. The summed E-state index contributed by atoms with van der Waals surface area (Å²) < 4.78 is 0. The van der Waals surface area contributed by atoms with Gasteiger partial charge < -0.3 is 5.32 Å². The highest BCUT2D eigenvalue weighted by Crippen LogP contribution is 2.37. The Morgan fingerprint density at radius 1 is 1.69 bits per heavy atom. The molecule has 1 saturated carbocycles. The predicted octanol–water partition coefficient (Wildman–Crippen LogP) is 2.32. The second kappa shape index (κ2) is 4.99. The van der Waals surface area contributed by atoms with Crippen LogP contribution in [-0.2, 0) is 4.79 Å². The van der Waals surface area contributed by atoms with Gasteiger partial charge >= 0.3 is 0 Å². The Morgan fingerprint density at radius 3 is 2.77 bits per heavy atom. The van der Waals surface area contributed by atoms with Gasteiger partial charge in [-0.05, 0) is 32.1 Å². The third-order valence-electron chi connectivity index (χ3n) is 2.61. The van der Waals surface area contributed by atoms with Crippen LogP contribution >= 0.6 is 15.9 Å². The second-order valence-corrected chi connectivity index (χ2v) is 4.85. The van der Waals surface area contributed by atoms with Crippen molar-refractivity contribution < 1.29 is 4.79 Å². The van der Waals surface area contributed by atoms with Crippen LogP contribution in [0.1, 0.15) is 33.1 Å². The Hall–Kier alpha value is -0.0500. The van der Waals surface area contributed by atoms with E-state index in [-0.39, 0.29) is 5.91 Å². The normalized spacial score (nSPS) is 28.2. The fourth-order valence-electron chi connectivity index (χ4n) is 1.49. The van der Waals surface area contributed by atoms with Crippen molar-refractivity contribution in [3.8, 4) is 0 Å². The second-order valence-electron chi connectivity index (χ2n) is 4.06. The van der Waals surface area contributed by atoms with Crippen molar-refractivity contribution in [3.05, 3.63) is 0 Å². The molecule has 3 heteroatoms. The Balaban J connectivity index is 2.12. The lowest BCUT2D eigenvalue weighted by atomic mass is 10.2. The summed E-state index contributed by atoms with van der Waals surface area (Å²) in [5.41, 5.74) is 0. The van der Waals surface area contributed by atoms with Gasteiger partial charge in [0.25, 0.3) is 0 Å². The van der Waals surface area contributed by atoms with Crippen molar-refractivity contribution in [2.24, 2.45) is 11.8 Å². The van der Waals surface area contributed by atoms with E-state index in [4.69, 9.17) is 0 Å². The molecule has 0 aromatic carbocycles. The predicted molar refractivity (Wildman–Crippen MR) is 57.9 cm³/mol. The lowest BCUT2D eigenvalue weighted by Gasteiger charge is -2.12. The number of hydrogen-bond acceptors (Lipinski definition) is 1. The molecule has 1 aliphatic carbocycles. The molecule has 0 radical (unpaired) electrons. The zero-order valence-electron chi connectivity index (χ0n) is 8.35. The van der Waals surface area contributed by atoms with E-state index in [1.807, 2.05) is 0 Å². The molecule has 0 saturated heterocycles. The molecular formula is C10H18BrNO. The smallest absolute Gasteiger partial charge is 0.223 e. The zero-order valence-corrected chi connectivity index (χ0v) is 9.93. The van der Waals surface area contributed by atoms with E-state index in [1.54, 1.807) is 0 Å². The van der Waals surface area contributed by atoms with Crippen LogP contribution in [-0.4, -0.2) is 17.3 Å². The van der Waals surface area contributed by atoms with Gasteiger partial charge in [0, 0.05) is 17.3 Å². The SMILES string of the molecule is CC(CCCBr)NC(=O)C1CC1C. The highest BCUT2D eigenvalue weighted by atomic mass is 79.9. The summed E-state index contributed by atoms with van der Waals surface area (Å²) in [5, 5.41) is 4.07. The molecule has 13 heavy (non-hydrogen) atoms. The van der Waals surface area contributed by atoms with Crippen LogP contribution in [0.3, 0.4) is 0 Å². The number of halogens is 1. The first-order valence-electron chi connectivity index (χ1n) is 5.01. The summed E-state index contributed by atoms with van der Waals surface area (Å²) >= 11 is 3.38. The maximum Gasteiger partial charge on any atom is 0.223 e. The van der Waals surface area contributed by atoms with Crippen molar-refractivity contribution in [2.75, 3.05) is 5.33 Å². The highest BCUT2D eigenvalue weighted by molar-refractivity contribution is 9.09. The molecule has 0 aromatic rings. The maximum absolute atomic E-state index is 11.5. The van der Waals surface area contributed by atoms with Crippen molar-refractivity contribution in [1.29, 1.82) is 0 Å². The fraction of sp³-hybridized carbons (Fsp3) is 0.900. The number of carbonyl (C=O) groups excluding carboxylic acids is 1. The number of alkyl halides is 1. The molecule has 1 aliphatic rings. The lowest BCUT2D eigenvalue weighted by Crippen LogP contribution is -2.34. The van der Waals surface area contributed by atoms with E-state index < -0.39 is 0 Å². The number of amides is 1. The molecular weight excluding hydrogens is 230 g/mol. The minimum absolute atomic E-state index is 0.259. The molecule has 0 aromatic heterocycles. The molecule has 0 bridgehead atoms. The number of hydrogen-bond donors (Lipinski definition) is 1. The van der Waals surface area contributed by atoms with Crippen molar-refractivity contribution in [3.63, 3.8) is 0 Å². The summed E-state index contributed by atoms with van der Waals surface area (Å²) in [6.07, 6.45) is 3.27. The quantitative estimate of drug-likeness (QED) is 0.743. The van der Waals surface area contributed by atoms with Crippen LogP contribution in [0, 0.1) is 11.8 Å². The minimum atomic E-state index is 0.259. The molecule has 2 nitrogen and oxygen atoms in total. The average Bonchev–Trinajstić information content (AvgIpc) is 2.79. The number of nitrogens with one attached hydrogen (secondary N) is 1. The Bertz CT molecular complexity index is 184. The molecule has 3 atom stereocenters. The first-order valence-corrected chi connectivity index (χ1v) is 6.13. The lowest BCUT2D eigenvalue weighted by molar-refractivity contribution is -0.123. The van der Waals surface area contributed by atoms with Gasteiger partial charge in [-0.25, -0.2) is 0 Å². The van der Waals surface area contributed by atoms with Crippen LogP contribution in [0.4, 0.5) is 0 Å². The molecule has 0 spiro atoms. The van der Waals surface area contributed by atoms with Crippen LogP contribution in [0.5, 0.6) is 0 Å². The van der Waals surface area contributed by atoms with Gasteiger partial charge in [0.05, 0.1) is 0 Å². The van der Waals surface area contributed by atoms with E-state index in [0.717, 1.165) is 24.6 Å². The van der Waals surface area contributed by atoms with Gasteiger partial charge in [-0.3, -0.25) is 4.79 Å². The molecule has 3 unspecified atom stereocenters. The third kappa shape index (κ3) is 3.67. The van der Waals surface area contributed by atoms with Gasteiger partial charge in [0.15, 0.2) is 0 Å². The van der Waals surface area contributed by atoms with E-state index >= 15 is 0 Å². The topological polar surface area (TPSA) is 29.1 Å². The van der Waals surface area contributed by atoms with Crippen LogP contribution in [0.15, 0.2) is 0 Å². The van der Waals surface area contributed by atoms with E-state index in [0.29, 0.717) is 17.9 Å². The summed E-state index contributed by atoms with van der Waals surface area (Å²) in [6.45, 7) is 4.21. The van der Waals surface area contributed by atoms with Gasteiger partial charge in [-0.1, -0.05) is 22.9 Å². The van der Waals surface area contributed by atoms with Crippen LogP contribution < -0.4 is 5.32 Å². The maximum atomic E-state index is 11.5. The van der Waals surface area contributed by atoms with Gasteiger partial charge in [-0.15, -0.1) is 0 Å². The zero-order chi connectivity index (χ0) is 9.84. The van der Waals surface area contributed by atoms with Crippen molar-refractivity contribution in [1.82, 2.24) is 5.32 Å². The summed E-state index contributed by atoms with van der Waals surface area (Å²) in [5.74, 6) is 1.18. The summed E-state index contributed by atoms with van der Waals surface area (Å²) in [6, 6.07) is 0.331. The summed E-state index contributed by atoms with van der Waals surface area (Å²) in [7, 11) is 0. The summed E-state index contributed by atoms with van der Waals surface area (Å²) in [4.78, 5) is 11.5. The molecule has 1 N–H and O–H groups in total. The minimum Gasteiger partial charge on any atom is -0.353 e. The molecule has 1 rings (SSSR count). The van der Waals surface area contributed by atoms with Gasteiger partial charge in [-0.2, -0.15) is 0 Å². The average molecular weight is 248 g/mol. The molecule has 0 aliphatic heterocycles. The monoisotopic (exact) mass is 247 g/mol. The number of rotatable bonds is 5.